The van der Waals surface area contributed by atoms with Gasteiger partial charge >= 0.3 is 6.03 Å². The third kappa shape index (κ3) is 1.08. The highest BCUT2D eigenvalue weighted by molar-refractivity contribution is 5.97. The zero-order chi connectivity index (χ0) is 7.72. The number of hydrogen-bond donors (Lipinski definition) is 1. The molecular formula is C5H5N3O2. The lowest BCUT2D eigenvalue weighted by Gasteiger charge is -2.30. The van der Waals surface area contributed by atoms with Crippen LogP contribution in [0.15, 0.2) is 0 Å². The number of hydrazine groups is 1. The molecule has 0 aromatic rings. The molecule has 10 heavy (non-hydrogen) atoms. The molecule has 0 bridgehead atoms. The maximum absolute atomic E-state index is 10.6. The Morgan fingerprint density at radius 3 is 2.50 bits per heavy atom. The van der Waals surface area contributed by atoms with Crippen molar-refractivity contribution in [3.8, 4) is 0 Å². The molecule has 0 aromatic carbocycles. The Kier molecular flexibility index (Phi) is 1.58. The van der Waals surface area contributed by atoms with E-state index in [1.807, 2.05) is 5.32 Å². The minimum atomic E-state index is -0.723. The van der Waals surface area contributed by atoms with Crippen molar-refractivity contribution in [3.05, 3.63) is 14.1 Å². The van der Waals surface area contributed by atoms with E-state index >= 15 is 0 Å². The molecular weight excluding hydrogens is 134 g/mol. The molecule has 3 amide bonds. The molecule has 0 saturated carbocycles. The topological polar surface area (TPSA) is 52.7 Å². The molecule has 4 radical (unpaired) electrons. The molecule has 1 heterocycles. The first-order valence-electron chi connectivity index (χ1n) is 2.52. The molecule has 52 valence electrons. The number of carbonyl (C=O) groups is 2. The maximum atomic E-state index is 10.6. The van der Waals surface area contributed by atoms with E-state index in [0.29, 0.717) is 5.01 Å². The zero-order valence-corrected chi connectivity index (χ0v) is 5.07. The quantitative estimate of drug-likeness (QED) is 0.472. The average molecular weight is 139 g/mol. The first kappa shape index (κ1) is 7.01. The van der Waals surface area contributed by atoms with E-state index in [2.05, 4.69) is 0 Å². The molecule has 0 aromatic heterocycles. The van der Waals surface area contributed by atoms with Crippen molar-refractivity contribution < 1.29 is 9.59 Å². The van der Waals surface area contributed by atoms with Crippen molar-refractivity contribution in [1.29, 1.82) is 0 Å². The molecule has 0 unspecified atom stereocenters. The van der Waals surface area contributed by atoms with Crippen LogP contribution in [-0.4, -0.2) is 28.5 Å². The van der Waals surface area contributed by atoms with Gasteiger partial charge in [0.25, 0.3) is 0 Å². The number of urea groups is 1. The Morgan fingerprint density at radius 1 is 1.40 bits per heavy atom. The second-order valence-electron chi connectivity index (χ2n) is 1.80. The lowest BCUT2D eigenvalue weighted by atomic mass is 10.5. The summed E-state index contributed by atoms with van der Waals surface area (Å²) in [5.41, 5.74) is 0. The monoisotopic (exact) mass is 139 g/mol. The van der Waals surface area contributed by atoms with Crippen LogP contribution in [0.25, 0.3) is 0 Å². The van der Waals surface area contributed by atoms with Gasteiger partial charge in [-0.05, 0) is 0 Å². The first-order valence-corrected chi connectivity index (χ1v) is 2.52. The molecule has 1 aliphatic rings. The summed E-state index contributed by atoms with van der Waals surface area (Å²) in [7, 11) is 10.2. The molecule has 1 N–H and O–H groups in total. The smallest absolute Gasteiger partial charge is 0.276 e. The fourth-order valence-corrected chi connectivity index (χ4v) is 0.556. The number of imide groups is 1. The van der Waals surface area contributed by atoms with Gasteiger partial charge < -0.3 is 0 Å². The summed E-state index contributed by atoms with van der Waals surface area (Å²) in [4.78, 5) is 21.1. The Balaban J connectivity index is 2.66. The Labute approximate surface area is 58.6 Å². The molecule has 1 saturated heterocycles. The molecule has 1 fully saturated rings. The third-order valence-corrected chi connectivity index (χ3v) is 1.04. The van der Waals surface area contributed by atoms with Crippen LogP contribution in [-0.2, 0) is 4.79 Å². The van der Waals surface area contributed by atoms with Gasteiger partial charge in [0, 0.05) is 0 Å². The van der Waals surface area contributed by atoms with Gasteiger partial charge in [-0.25, -0.2) is 14.8 Å². The second kappa shape index (κ2) is 2.26. The largest absolute Gasteiger partial charge is 0.339 e. The van der Waals surface area contributed by atoms with Gasteiger partial charge in [-0.15, -0.1) is 0 Å². The van der Waals surface area contributed by atoms with Gasteiger partial charge in [0.15, 0.2) is 0 Å². The van der Waals surface area contributed by atoms with Gasteiger partial charge in [0.2, 0.25) is 5.91 Å². The van der Waals surface area contributed by atoms with Crippen molar-refractivity contribution in [3.63, 3.8) is 0 Å². The SMILES string of the molecule is [CH]N1CC(=O)NC(=O)N1[CH]. The standard InChI is InChI=1S/C5H5N3O2/c1-7-3-4(9)6-5(10)8(7)2/h1-2H,3H2,(H,6,9,10). The molecule has 1 aliphatic heterocycles. The van der Waals surface area contributed by atoms with E-state index in [4.69, 9.17) is 14.1 Å². The van der Waals surface area contributed by atoms with E-state index < -0.39 is 11.9 Å². The molecule has 5 heteroatoms. The molecule has 0 aliphatic carbocycles. The van der Waals surface area contributed by atoms with Crippen LogP contribution in [0.3, 0.4) is 0 Å². The van der Waals surface area contributed by atoms with Crippen molar-refractivity contribution in [2.45, 2.75) is 0 Å². The summed E-state index contributed by atoms with van der Waals surface area (Å²) in [5, 5.41) is 3.41. The fraction of sp³-hybridized carbons (Fsp3) is 0.200. The van der Waals surface area contributed by atoms with E-state index in [1.54, 1.807) is 0 Å². The van der Waals surface area contributed by atoms with E-state index in [-0.39, 0.29) is 6.54 Å². The van der Waals surface area contributed by atoms with E-state index in [0.717, 1.165) is 5.01 Å². The summed E-state index contributed by atoms with van der Waals surface area (Å²) in [6.45, 7) is -0.109. The Morgan fingerprint density at radius 2 is 2.00 bits per heavy atom. The van der Waals surface area contributed by atoms with Crippen molar-refractivity contribution in [1.82, 2.24) is 15.3 Å². The molecule has 0 atom stereocenters. The van der Waals surface area contributed by atoms with Crippen molar-refractivity contribution in [2.75, 3.05) is 6.54 Å². The van der Waals surface area contributed by atoms with E-state index in [9.17, 15) is 9.59 Å². The summed E-state index contributed by atoms with van der Waals surface area (Å²) >= 11 is 0. The van der Waals surface area contributed by atoms with Crippen molar-refractivity contribution >= 4 is 11.9 Å². The fourth-order valence-electron chi connectivity index (χ4n) is 0.556. The van der Waals surface area contributed by atoms with Gasteiger partial charge in [0.05, 0.1) is 20.6 Å². The lowest BCUT2D eigenvalue weighted by Crippen LogP contribution is -2.55. The predicted octanol–water partition coefficient (Wildman–Crippen LogP) is -0.908. The number of rotatable bonds is 0. The van der Waals surface area contributed by atoms with Crippen LogP contribution >= 0.6 is 0 Å². The van der Waals surface area contributed by atoms with Crippen LogP contribution in [0.1, 0.15) is 0 Å². The van der Waals surface area contributed by atoms with Crippen LogP contribution in [0.4, 0.5) is 4.79 Å². The minimum Gasteiger partial charge on any atom is -0.276 e. The third-order valence-electron chi connectivity index (χ3n) is 1.04. The Bertz CT molecular complexity index is 180. The van der Waals surface area contributed by atoms with Crippen LogP contribution in [0, 0.1) is 14.1 Å². The summed E-state index contributed by atoms with van der Waals surface area (Å²) in [6, 6.07) is -0.723. The molecule has 0 spiro atoms. The number of nitrogens with zero attached hydrogens (tertiary/aromatic N) is 2. The predicted molar refractivity (Wildman–Crippen MR) is 30.7 cm³/mol. The van der Waals surface area contributed by atoms with Crippen molar-refractivity contribution in [2.24, 2.45) is 0 Å². The number of hydrogen-bond acceptors (Lipinski definition) is 3. The number of nitrogens with one attached hydrogen (secondary N) is 1. The van der Waals surface area contributed by atoms with Crippen LogP contribution in [0.2, 0.25) is 0 Å². The number of carbonyl (C=O) groups excluding carboxylic acids is 2. The normalized spacial score (nSPS) is 21.2. The zero-order valence-electron chi connectivity index (χ0n) is 5.07. The lowest BCUT2D eigenvalue weighted by molar-refractivity contribution is -0.125. The summed E-state index contributed by atoms with van der Waals surface area (Å²) in [5.74, 6) is -0.464. The highest BCUT2D eigenvalue weighted by Gasteiger charge is 2.24. The molecule has 5 nitrogen and oxygen atoms in total. The van der Waals surface area contributed by atoms with Gasteiger partial charge in [-0.3, -0.25) is 10.1 Å². The highest BCUT2D eigenvalue weighted by Crippen LogP contribution is 1.99. The van der Waals surface area contributed by atoms with Gasteiger partial charge in [-0.2, -0.15) is 0 Å². The number of amides is 3. The molecule has 1 rings (SSSR count). The van der Waals surface area contributed by atoms with Crippen LogP contribution in [0.5, 0.6) is 0 Å². The Hall–Kier alpha value is -1.10. The summed E-state index contributed by atoms with van der Waals surface area (Å²) in [6.07, 6.45) is 0. The second-order valence-corrected chi connectivity index (χ2v) is 1.80. The maximum Gasteiger partial charge on any atom is 0.339 e. The van der Waals surface area contributed by atoms with Gasteiger partial charge in [0.1, 0.15) is 0 Å². The first-order chi connectivity index (χ1) is 4.61. The van der Waals surface area contributed by atoms with Gasteiger partial charge in [-0.1, -0.05) is 0 Å². The minimum absolute atomic E-state index is 0.109. The highest BCUT2D eigenvalue weighted by atomic mass is 16.2. The van der Waals surface area contributed by atoms with Crippen LogP contribution < -0.4 is 5.32 Å². The van der Waals surface area contributed by atoms with E-state index in [1.165, 1.54) is 0 Å². The average Bonchev–Trinajstić information content (AvgIpc) is 1.82. The summed E-state index contributed by atoms with van der Waals surface area (Å²) < 4.78 is 0.